The molecule has 1 heterocycles. The van der Waals surface area contributed by atoms with Crippen LogP contribution in [0.1, 0.15) is 22.3 Å². The van der Waals surface area contributed by atoms with Gasteiger partial charge >= 0.3 is 0 Å². The molecule has 0 radical (unpaired) electrons. The van der Waals surface area contributed by atoms with E-state index >= 15 is 0 Å². The monoisotopic (exact) mass is 284 g/mol. The van der Waals surface area contributed by atoms with Crippen molar-refractivity contribution in [3.8, 4) is 5.75 Å². The lowest BCUT2D eigenvalue weighted by atomic mass is 10.0. The number of rotatable bonds is 3. The number of ether oxygens (including phenoxy) is 1. The largest absolute Gasteiger partial charge is 0.485 e. The zero-order valence-corrected chi connectivity index (χ0v) is 11.5. The first-order valence-electron chi connectivity index (χ1n) is 6.45. The number of carbonyl (C=O) groups is 1. The van der Waals surface area contributed by atoms with Crippen LogP contribution in [0.4, 0.5) is 0 Å². The topological polar surface area (TPSA) is 26.3 Å². The fourth-order valence-corrected chi connectivity index (χ4v) is 2.39. The smallest absolute Gasteiger partial charge is 0.166 e. The molecule has 0 fully saturated rings. The quantitative estimate of drug-likeness (QED) is 0.782. The highest BCUT2D eigenvalue weighted by molar-refractivity contribution is 6.30. The summed E-state index contributed by atoms with van der Waals surface area (Å²) in [7, 11) is 0. The van der Waals surface area contributed by atoms with Gasteiger partial charge in [-0.3, -0.25) is 4.79 Å². The van der Waals surface area contributed by atoms with E-state index in [4.69, 9.17) is 16.3 Å². The van der Waals surface area contributed by atoms with Crippen LogP contribution in [0.25, 0.3) is 6.08 Å². The lowest BCUT2D eigenvalue weighted by Gasteiger charge is -2.21. The molecule has 1 aliphatic rings. The van der Waals surface area contributed by atoms with Crippen molar-refractivity contribution in [2.75, 3.05) is 0 Å². The Kier molecular flexibility index (Phi) is 3.57. The van der Waals surface area contributed by atoms with E-state index in [0.717, 1.165) is 11.3 Å². The molecule has 0 N–H and O–H groups in total. The molecular formula is C17H13ClO2. The Balaban J connectivity index is 1.73. The SMILES string of the molecule is O=C(CC1C=Cc2cc(Cl)ccc2O1)c1ccccc1. The van der Waals surface area contributed by atoms with Gasteiger partial charge in [0.25, 0.3) is 0 Å². The maximum atomic E-state index is 12.1. The summed E-state index contributed by atoms with van der Waals surface area (Å²) in [6, 6.07) is 14.7. The number of hydrogen-bond donors (Lipinski definition) is 0. The molecule has 0 saturated carbocycles. The average molecular weight is 285 g/mol. The van der Waals surface area contributed by atoms with Gasteiger partial charge in [0, 0.05) is 16.1 Å². The van der Waals surface area contributed by atoms with Crippen LogP contribution in [-0.4, -0.2) is 11.9 Å². The van der Waals surface area contributed by atoms with Gasteiger partial charge in [0.1, 0.15) is 11.9 Å². The Morgan fingerprint density at radius 2 is 1.95 bits per heavy atom. The third-order valence-corrected chi connectivity index (χ3v) is 3.46. The Morgan fingerprint density at radius 1 is 1.15 bits per heavy atom. The zero-order valence-electron chi connectivity index (χ0n) is 10.8. The molecule has 0 spiro atoms. The molecule has 2 aromatic rings. The van der Waals surface area contributed by atoms with E-state index in [1.54, 1.807) is 6.07 Å². The van der Waals surface area contributed by atoms with Crippen LogP contribution in [0.2, 0.25) is 5.02 Å². The van der Waals surface area contributed by atoms with Gasteiger partial charge < -0.3 is 4.74 Å². The van der Waals surface area contributed by atoms with Crippen molar-refractivity contribution in [3.63, 3.8) is 0 Å². The fourth-order valence-electron chi connectivity index (χ4n) is 2.20. The van der Waals surface area contributed by atoms with Crippen LogP contribution in [-0.2, 0) is 0 Å². The summed E-state index contributed by atoms with van der Waals surface area (Å²) in [6.07, 6.45) is 3.96. The van der Waals surface area contributed by atoms with E-state index in [9.17, 15) is 4.79 Å². The molecule has 0 aliphatic carbocycles. The van der Waals surface area contributed by atoms with Gasteiger partial charge in [0.05, 0.1) is 6.42 Å². The van der Waals surface area contributed by atoms with E-state index in [1.807, 2.05) is 54.6 Å². The Labute approximate surface area is 122 Å². The number of Topliss-reactive ketones (excluding diaryl/α,β-unsaturated/α-hetero) is 1. The summed E-state index contributed by atoms with van der Waals surface area (Å²) in [5.41, 5.74) is 1.66. The highest BCUT2D eigenvalue weighted by atomic mass is 35.5. The number of halogens is 1. The second-order valence-electron chi connectivity index (χ2n) is 4.69. The standard InChI is InChI=1S/C17H13ClO2/c18-14-7-9-17-13(10-14)6-8-15(20-17)11-16(19)12-4-2-1-3-5-12/h1-10,15H,11H2. The Hall–Kier alpha value is -2.06. The summed E-state index contributed by atoms with van der Waals surface area (Å²) in [5, 5.41) is 0.677. The van der Waals surface area contributed by atoms with Gasteiger partial charge in [-0.1, -0.05) is 48.0 Å². The normalized spacial score (nSPS) is 16.4. The average Bonchev–Trinajstić information content (AvgIpc) is 2.48. The van der Waals surface area contributed by atoms with Crippen LogP contribution in [0, 0.1) is 0 Å². The minimum absolute atomic E-state index is 0.0812. The third kappa shape index (κ3) is 2.75. The molecule has 0 bridgehead atoms. The number of ketones is 1. The molecule has 0 saturated heterocycles. The fraction of sp³-hybridized carbons (Fsp3) is 0.118. The predicted molar refractivity (Wildman–Crippen MR) is 80.3 cm³/mol. The van der Waals surface area contributed by atoms with Crippen molar-refractivity contribution >= 4 is 23.5 Å². The van der Waals surface area contributed by atoms with Crippen molar-refractivity contribution in [1.29, 1.82) is 0 Å². The lowest BCUT2D eigenvalue weighted by Crippen LogP contribution is -2.21. The third-order valence-electron chi connectivity index (χ3n) is 3.22. The summed E-state index contributed by atoms with van der Waals surface area (Å²) in [5.74, 6) is 0.848. The highest BCUT2D eigenvalue weighted by Gasteiger charge is 2.18. The molecule has 20 heavy (non-hydrogen) atoms. The zero-order chi connectivity index (χ0) is 13.9. The first-order chi connectivity index (χ1) is 9.72. The van der Waals surface area contributed by atoms with Gasteiger partial charge in [-0.25, -0.2) is 0 Å². The molecule has 3 heteroatoms. The molecule has 1 atom stereocenters. The van der Waals surface area contributed by atoms with E-state index < -0.39 is 0 Å². The number of carbonyl (C=O) groups excluding carboxylic acids is 1. The lowest BCUT2D eigenvalue weighted by molar-refractivity contribution is 0.0935. The number of benzene rings is 2. The second-order valence-corrected chi connectivity index (χ2v) is 5.13. The first-order valence-corrected chi connectivity index (χ1v) is 6.83. The molecule has 0 amide bonds. The Bertz CT molecular complexity index is 662. The minimum Gasteiger partial charge on any atom is -0.485 e. The van der Waals surface area contributed by atoms with E-state index in [-0.39, 0.29) is 11.9 Å². The first kappa shape index (κ1) is 12.9. The molecule has 0 aromatic heterocycles. The van der Waals surface area contributed by atoms with Crippen LogP contribution in [0.5, 0.6) is 5.75 Å². The van der Waals surface area contributed by atoms with Crippen LogP contribution in [0.3, 0.4) is 0 Å². The Morgan fingerprint density at radius 3 is 2.75 bits per heavy atom. The minimum atomic E-state index is -0.226. The van der Waals surface area contributed by atoms with Crippen molar-refractivity contribution in [2.24, 2.45) is 0 Å². The summed E-state index contributed by atoms with van der Waals surface area (Å²) >= 11 is 5.93. The van der Waals surface area contributed by atoms with E-state index in [1.165, 1.54) is 0 Å². The van der Waals surface area contributed by atoms with E-state index in [0.29, 0.717) is 17.0 Å². The highest BCUT2D eigenvalue weighted by Crippen LogP contribution is 2.29. The van der Waals surface area contributed by atoms with Crippen molar-refractivity contribution in [2.45, 2.75) is 12.5 Å². The van der Waals surface area contributed by atoms with Crippen LogP contribution < -0.4 is 4.74 Å². The predicted octanol–water partition coefficient (Wildman–Crippen LogP) is 4.39. The molecule has 100 valence electrons. The van der Waals surface area contributed by atoms with E-state index in [2.05, 4.69) is 0 Å². The number of hydrogen-bond acceptors (Lipinski definition) is 2. The van der Waals surface area contributed by atoms with Crippen molar-refractivity contribution in [3.05, 3.63) is 70.8 Å². The molecule has 1 aliphatic heterocycles. The molecule has 2 aromatic carbocycles. The van der Waals surface area contributed by atoms with Gasteiger partial charge in [0.2, 0.25) is 0 Å². The summed E-state index contributed by atoms with van der Waals surface area (Å²) in [6.45, 7) is 0. The molecule has 1 unspecified atom stereocenters. The van der Waals surface area contributed by atoms with Gasteiger partial charge in [-0.05, 0) is 24.3 Å². The molecule has 2 nitrogen and oxygen atoms in total. The number of fused-ring (bicyclic) bond motifs is 1. The van der Waals surface area contributed by atoms with Crippen LogP contribution in [0.15, 0.2) is 54.6 Å². The summed E-state index contributed by atoms with van der Waals surface area (Å²) < 4.78 is 5.81. The van der Waals surface area contributed by atoms with Crippen molar-refractivity contribution in [1.82, 2.24) is 0 Å². The van der Waals surface area contributed by atoms with Gasteiger partial charge in [0.15, 0.2) is 5.78 Å². The van der Waals surface area contributed by atoms with Crippen LogP contribution >= 0.6 is 11.6 Å². The maximum absolute atomic E-state index is 12.1. The van der Waals surface area contributed by atoms with Crippen molar-refractivity contribution < 1.29 is 9.53 Å². The molecular weight excluding hydrogens is 272 g/mol. The second kappa shape index (κ2) is 5.51. The molecule has 3 rings (SSSR count). The maximum Gasteiger partial charge on any atom is 0.166 e. The van der Waals surface area contributed by atoms with Gasteiger partial charge in [-0.2, -0.15) is 0 Å². The summed E-state index contributed by atoms with van der Waals surface area (Å²) in [4.78, 5) is 12.1. The van der Waals surface area contributed by atoms with Gasteiger partial charge in [-0.15, -0.1) is 0 Å².